The summed E-state index contributed by atoms with van der Waals surface area (Å²) in [4.78, 5) is 4.25. The van der Waals surface area contributed by atoms with Gasteiger partial charge in [-0.3, -0.25) is 4.98 Å². The van der Waals surface area contributed by atoms with E-state index >= 15 is 0 Å². The van der Waals surface area contributed by atoms with Crippen LogP contribution in [-0.2, 0) is 12.8 Å². The van der Waals surface area contributed by atoms with Gasteiger partial charge in [-0.2, -0.15) is 5.10 Å². The molecule has 0 aliphatic heterocycles. The van der Waals surface area contributed by atoms with Gasteiger partial charge in [-0.25, -0.2) is 4.68 Å². The Kier molecular flexibility index (Phi) is 3.77. The molecule has 0 bridgehead atoms. The molecule has 0 spiro atoms. The summed E-state index contributed by atoms with van der Waals surface area (Å²) in [7, 11) is 0. The van der Waals surface area contributed by atoms with Gasteiger partial charge < -0.3 is 5.11 Å². The summed E-state index contributed by atoms with van der Waals surface area (Å²) >= 11 is 0. The molecule has 4 nitrogen and oxygen atoms in total. The molecule has 18 heavy (non-hydrogen) atoms. The van der Waals surface area contributed by atoms with Gasteiger partial charge in [0, 0.05) is 5.69 Å². The first-order valence-corrected chi connectivity index (χ1v) is 6.37. The van der Waals surface area contributed by atoms with E-state index in [-0.39, 0.29) is 0 Å². The molecule has 0 radical (unpaired) electrons. The molecule has 0 amide bonds. The van der Waals surface area contributed by atoms with E-state index in [9.17, 15) is 5.11 Å². The molecule has 2 aromatic rings. The van der Waals surface area contributed by atoms with E-state index in [2.05, 4.69) is 30.0 Å². The normalized spacial score (nSPS) is 12.7. The van der Waals surface area contributed by atoms with Gasteiger partial charge in [-0.15, -0.1) is 0 Å². The van der Waals surface area contributed by atoms with Gasteiger partial charge in [0.1, 0.15) is 0 Å². The van der Waals surface area contributed by atoms with Gasteiger partial charge in [0.15, 0.2) is 0 Å². The lowest BCUT2D eigenvalue weighted by Gasteiger charge is -2.07. The number of aliphatic hydroxyl groups excluding tert-OH is 1. The standard InChI is InChI=1S/C14H19N3O/c1-4-11-8-12(5-2)17(16-11)13-6-7-14(10(3)18)15-9-13/h6-10,18H,4-5H2,1-3H3/t10-/m0/s1. The Balaban J connectivity index is 2.38. The average Bonchev–Trinajstić information content (AvgIpc) is 2.82. The molecular weight excluding hydrogens is 226 g/mol. The van der Waals surface area contributed by atoms with Crippen molar-refractivity contribution in [2.24, 2.45) is 0 Å². The average molecular weight is 245 g/mol. The van der Waals surface area contributed by atoms with Crippen LogP contribution >= 0.6 is 0 Å². The SMILES string of the molecule is CCc1cc(CC)n(-c2ccc([C@H](C)O)nc2)n1. The Hall–Kier alpha value is -1.68. The molecule has 1 atom stereocenters. The Morgan fingerprint density at radius 3 is 2.56 bits per heavy atom. The Morgan fingerprint density at radius 1 is 1.28 bits per heavy atom. The van der Waals surface area contributed by atoms with Crippen LogP contribution in [0, 0.1) is 0 Å². The van der Waals surface area contributed by atoms with Gasteiger partial charge in [0.05, 0.1) is 29.4 Å². The van der Waals surface area contributed by atoms with Gasteiger partial charge in [-0.1, -0.05) is 13.8 Å². The Morgan fingerprint density at radius 2 is 2.06 bits per heavy atom. The van der Waals surface area contributed by atoms with E-state index < -0.39 is 6.10 Å². The highest BCUT2D eigenvalue weighted by molar-refractivity contribution is 5.32. The minimum absolute atomic E-state index is 0.534. The number of rotatable bonds is 4. The summed E-state index contributed by atoms with van der Waals surface area (Å²) in [6.45, 7) is 5.92. The summed E-state index contributed by atoms with van der Waals surface area (Å²) < 4.78 is 1.93. The maximum Gasteiger partial charge on any atom is 0.0931 e. The number of aliphatic hydroxyl groups is 1. The largest absolute Gasteiger partial charge is 0.387 e. The Labute approximate surface area is 107 Å². The third kappa shape index (κ3) is 2.43. The lowest BCUT2D eigenvalue weighted by molar-refractivity contribution is 0.194. The van der Waals surface area contributed by atoms with Gasteiger partial charge in [0.2, 0.25) is 0 Å². The van der Waals surface area contributed by atoms with Crippen molar-refractivity contribution in [2.75, 3.05) is 0 Å². The summed E-state index contributed by atoms with van der Waals surface area (Å²) in [5.74, 6) is 0. The minimum atomic E-state index is -0.534. The van der Waals surface area contributed by atoms with Crippen LogP contribution in [0.2, 0.25) is 0 Å². The zero-order valence-corrected chi connectivity index (χ0v) is 11.1. The first kappa shape index (κ1) is 12.8. The smallest absolute Gasteiger partial charge is 0.0931 e. The molecular formula is C14H19N3O. The molecule has 0 aromatic carbocycles. The first-order chi connectivity index (χ1) is 8.65. The lowest BCUT2D eigenvalue weighted by Crippen LogP contribution is -2.03. The highest BCUT2D eigenvalue weighted by Crippen LogP contribution is 2.15. The van der Waals surface area contributed by atoms with Crippen molar-refractivity contribution >= 4 is 0 Å². The number of pyridine rings is 1. The van der Waals surface area contributed by atoms with Crippen molar-refractivity contribution in [1.82, 2.24) is 14.8 Å². The van der Waals surface area contributed by atoms with Crippen molar-refractivity contribution in [2.45, 2.75) is 39.7 Å². The third-order valence-corrected chi connectivity index (χ3v) is 3.00. The minimum Gasteiger partial charge on any atom is -0.387 e. The zero-order chi connectivity index (χ0) is 13.1. The monoisotopic (exact) mass is 245 g/mol. The van der Waals surface area contributed by atoms with Crippen LogP contribution in [-0.4, -0.2) is 19.9 Å². The maximum absolute atomic E-state index is 9.44. The number of hydrogen-bond acceptors (Lipinski definition) is 3. The summed E-state index contributed by atoms with van der Waals surface area (Å²) in [5.41, 5.74) is 3.89. The zero-order valence-electron chi connectivity index (χ0n) is 11.1. The van der Waals surface area contributed by atoms with E-state index in [1.54, 1.807) is 13.1 Å². The molecule has 2 heterocycles. The highest BCUT2D eigenvalue weighted by Gasteiger charge is 2.08. The van der Waals surface area contributed by atoms with Crippen LogP contribution in [0.25, 0.3) is 5.69 Å². The number of nitrogens with zero attached hydrogens (tertiary/aromatic N) is 3. The van der Waals surface area contributed by atoms with Crippen molar-refractivity contribution in [1.29, 1.82) is 0 Å². The molecule has 96 valence electrons. The third-order valence-electron chi connectivity index (χ3n) is 3.00. The van der Waals surface area contributed by atoms with Crippen LogP contribution < -0.4 is 0 Å². The lowest BCUT2D eigenvalue weighted by atomic mass is 10.2. The quantitative estimate of drug-likeness (QED) is 0.900. The van der Waals surface area contributed by atoms with Crippen LogP contribution in [0.1, 0.15) is 44.0 Å². The second-order valence-electron chi connectivity index (χ2n) is 4.36. The second kappa shape index (κ2) is 5.31. The molecule has 0 aliphatic rings. The maximum atomic E-state index is 9.44. The van der Waals surface area contributed by atoms with Crippen molar-refractivity contribution in [3.8, 4) is 5.69 Å². The first-order valence-electron chi connectivity index (χ1n) is 6.37. The summed E-state index contributed by atoms with van der Waals surface area (Å²) in [6.07, 6.45) is 3.09. The number of aromatic nitrogens is 3. The van der Waals surface area contributed by atoms with E-state index in [0.717, 1.165) is 24.2 Å². The molecule has 4 heteroatoms. The van der Waals surface area contributed by atoms with E-state index in [1.165, 1.54) is 5.69 Å². The molecule has 0 saturated carbocycles. The fourth-order valence-electron chi connectivity index (χ4n) is 1.89. The fourth-order valence-corrected chi connectivity index (χ4v) is 1.89. The van der Waals surface area contributed by atoms with E-state index in [4.69, 9.17) is 0 Å². The summed E-state index contributed by atoms with van der Waals surface area (Å²) in [6, 6.07) is 5.91. The van der Waals surface area contributed by atoms with Gasteiger partial charge >= 0.3 is 0 Å². The fraction of sp³-hybridized carbons (Fsp3) is 0.429. The molecule has 2 rings (SSSR count). The van der Waals surface area contributed by atoms with Crippen LogP contribution in [0.5, 0.6) is 0 Å². The van der Waals surface area contributed by atoms with E-state index in [1.807, 2.05) is 16.8 Å². The van der Waals surface area contributed by atoms with Gasteiger partial charge in [-0.05, 0) is 38.0 Å². The molecule has 0 unspecified atom stereocenters. The second-order valence-corrected chi connectivity index (χ2v) is 4.36. The molecule has 0 aliphatic carbocycles. The predicted molar refractivity (Wildman–Crippen MR) is 70.7 cm³/mol. The van der Waals surface area contributed by atoms with Crippen molar-refractivity contribution < 1.29 is 5.11 Å². The van der Waals surface area contributed by atoms with Gasteiger partial charge in [0.25, 0.3) is 0 Å². The van der Waals surface area contributed by atoms with Crippen LogP contribution in [0.15, 0.2) is 24.4 Å². The number of hydrogen-bond donors (Lipinski definition) is 1. The molecule has 0 saturated heterocycles. The van der Waals surface area contributed by atoms with Crippen LogP contribution in [0.3, 0.4) is 0 Å². The highest BCUT2D eigenvalue weighted by atomic mass is 16.3. The molecule has 1 N–H and O–H groups in total. The summed E-state index contributed by atoms with van der Waals surface area (Å²) in [5, 5.41) is 14.0. The van der Waals surface area contributed by atoms with Crippen molar-refractivity contribution in [3.05, 3.63) is 41.5 Å². The van der Waals surface area contributed by atoms with E-state index in [0.29, 0.717) is 5.69 Å². The van der Waals surface area contributed by atoms with Crippen LogP contribution in [0.4, 0.5) is 0 Å². The predicted octanol–water partition coefficient (Wildman–Crippen LogP) is 2.45. The topological polar surface area (TPSA) is 50.9 Å². The molecule has 0 fully saturated rings. The molecule has 2 aromatic heterocycles. The number of aryl methyl sites for hydroxylation is 2. The van der Waals surface area contributed by atoms with Crippen molar-refractivity contribution in [3.63, 3.8) is 0 Å². The Bertz CT molecular complexity index is 514.